The molecule has 1 saturated heterocycles. The maximum absolute atomic E-state index is 6.33. The average molecular weight is 537 g/mol. The number of nitrogens with one attached hydrogen (secondary N) is 1. The van der Waals surface area contributed by atoms with Gasteiger partial charge in [0, 0.05) is 30.6 Å². The Hall–Kier alpha value is -2.00. The Kier molecular flexibility index (Phi) is 8.43. The lowest BCUT2D eigenvalue weighted by atomic mass is 9.74. The van der Waals surface area contributed by atoms with Gasteiger partial charge >= 0.3 is 0 Å². The number of nitrogens with zero attached hydrogens (tertiary/aromatic N) is 1. The van der Waals surface area contributed by atoms with E-state index in [-0.39, 0.29) is 35.4 Å². The van der Waals surface area contributed by atoms with Crippen LogP contribution in [-0.2, 0) is 10.2 Å². The highest BCUT2D eigenvalue weighted by Gasteiger charge is 2.34. The van der Waals surface area contributed by atoms with Crippen LogP contribution in [0, 0.1) is 0 Å². The topological polar surface area (TPSA) is 78.1 Å². The number of benzene rings is 2. The van der Waals surface area contributed by atoms with Crippen molar-refractivity contribution in [1.82, 2.24) is 5.32 Å². The minimum Gasteiger partial charge on any atom is -0.494 e. The Morgan fingerprint density at radius 2 is 1.87 bits per heavy atom. The number of hydrogen-bond donors (Lipinski definition) is 2. The number of nitrogens with two attached hydrogens (primary N) is 1. The zero-order valence-corrected chi connectivity index (χ0v) is 20.3. The zero-order valence-electron chi connectivity index (χ0n) is 18.0. The summed E-state index contributed by atoms with van der Waals surface area (Å²) < 4.78 is 17.0. The molecule has 2 aliphatic heterocycles. The maximum atomic E-state index is 6.33. The summed E-state index contributed by atoms with van der Waals surface area (Å²) in [6, 6.07) is 16.6. The van der Waals surface area contributed by atoms with Gasteiger partial charge in [0.15, 0.2) is 5.96 Å². The lowest BCUT2D eigenvalue weighted by Gasteiger charge is -2.37. The lowest BCUT2D eigenvalue weighted by Crippen LogP contribution is -2.41. The van der Waals surface area contributed by atoms with Crippen LogP contribution < -0.4 is 20.5 Å². The van der Waals surface area contributed by atoms with Crippen molar-refractivity contribution < 1.29 is 14.2 Å². The van der Waals surface area contributed by atoms with E-state index in [9.17, 15) is 0 Å². The van der Waals surface area contributed by atoms with E-state index in [4.69, 9.17) is 24.9 Å². The summed E-state index contributed by atoms with van der Waals surface area (Å²) in [7, 11) is 0. The number of aliphatic imine (C=N–C) groups is 1. The molecule has 2 heterocycles. The summed E-state index contributed by atoms with van der Waals surface area (Å²) in [5.74, 6) is 2.30. The Morgan fingerprint density at radius 3 is 2.61 bits per heavy atom. The van der Waals surface area contributed by atoms with Gasteiger partial charge in [0.25, 0.3) is 0 Å². The molecule has 1 unspecified atom stereocenters. The van der Waals surface area contributed by atoms with Crippen LogP contribution in [0.25, 0.3) is 0 Å². The first-order chi connectivity index (χ1) is 14.7. The predicted octanol–water partition coefficient (Wildman–Crippen LogP) is 4.18. The molecule has 3 N–H and O–H groups in total. The number of guanidine groups is 1. The molecule has 4 rings (SSSR count). The monoisotopic (exact) mass is 537 g/mol. The zero-order chi connectivity index (χ0) is 20.8. The van der Waals surface area contributed by atoms with Gasteiger partial charge in [-0.1, -0.05) is 30.3 Å². The van der Waals surface area contributed by atoms with Gasteiger partial charge in [-0.25, -0.2) is 0 Å². The molecule has 0 bridgehead atoms. The molecular weight excluding hydrogens is 505 g/mol. The molecule has 31 heavy (non-hydrogen) atoms. The molecule has 1 atom stereocenters. The number of ether oxygens (including phenoxy) is 3. The van der Waals surface area contributed by atoms with Gasteiger partial charge in [-0.2, -0.15) is 0 Å². The third-order valence-electron chi connectivity index (χ3n) is 6.06. The molecule has 0 aromatic heterocycles. The van der Waals surface area contributed by atoms with Gasteiger partial charge < -0.3 is 25.3 Å². The van der Waals surface area contributed by atoms with E-state index >= 15 is 0 Å². The van der Waals surface area contributed by atoms with Crippen LogP contribution in [0.2, 0.25) is 0 Å². The van der Waals surface area contributed by atoms with Crippen molar-refractivity contribution in [3.8, 4) is 11.5 Å². The molecule has 2 aliphatic rings. The lowest BCUT2D eigenvalue weighted by molar-refractivity contribution is 0.0531. The number of rotatable bonds is 6. The van der Waals surface area contributed by atoms with E-state index in [1.165, 1.54) is 5.56 Å². The largest absolute Gasteiger partial charge is 0.494 e. The van der Waals surface area contributed by atoms with E-state index in [0.717, 1.165) is 49.5 Å². The van der Waals surface area contributed by atoms with Gasteiger partial charge in [0.1, 0.15) is 11.5 Å². The van der Waals surface area contributed by atoms with Crippen molar-refractivity contribution in [2.75, 3.05) is 33.0 Å². The van der Waals surface area contributed by atoms with Crippen molar-refractivity contribution in [1.29, 1.82) is 0 Å². The summed E-state index contributed by atoms with van der Waals surface area (Å²) in [5, 5.41) is 3.41. The molecule has 6 nitrogen and oxygen atoms in total. The molecule has 0 aliphatic carbocycles. The van der Waals surface area contributed by atoms with E-state index < -0.39 is 0 Å². The van der Waals surface area contributed by atoms with Gasteiger partial charge in [0.2, 0.25) is 0 Å². The van der Waals surface area contributed by atoms with E-state index in [1.807, 2.05) is 37.3 Å². The summed E-state index contributed by atoms with van der Waals surface area (Å²) in [4.78, 5) is 4.78. The first-order valence-electron chi connectivity index (χ1n) is 10.8. The molecule has 0 radical (unpaired) electrons. The highest BCUT2D eigenvalue weighted by Crippen LogP contribution is 2.36. The molecule has 7 heteroatoms. The van der Waals surface area contributed by atoms with Crippen molar-refractivity contribution in [2.24, 2.45) is 10.7 Å². The van der Waals surface area contributed by atoms with Crippen LogP contribution in [0.1, 0.15) is 43.4 Å². The van der Waals surface area contributed by atoms with Crippen LogP contribution in [-0.4, -0.2) is 38.9 Å². The van der Waals surface area contributed by atoms with Crippen molar-refractivity contribution in [2.45, 2.75) is 37.6 Å². The van der Waals surface area contributed by atoms with Gasteiger partial charge in [-0.15, -0.1) is 24.0 Å². The van der Waals surface area contributed by atoms with Crippen LogP contribution >= 0.6 is 24.0 Å². The second-order valence-electron chi connectivity index (χ2n) is 7.92. The van der Waals surface area contributed by atoms with Crippen LogP contribution in [0.5, 0.6) is 11.5 Å². The predicted molar refractivity (Wildman–Crippen MR) is 134 cm³/mol. The smallest absolute Gasteiger partial charge is 0.189 e. The summed E-state index contributed by atoms with van der Waals surface area (Å²) >= 11 is 0. The van der Waals surface area contributed by atoms with Crippen molar-refractivity contribution in [3.05, 3.63) is 59.7 Å². The number of hydrogen-bond acceptors (Lipinski definition) is 4. The van der Waals surface area contributed by atoms with Gasteiger partial charge in [-0.05, 0) is 43.5 Å². The highest BCUT2D eigenvalue weighted by atomic mass is 127. The standard InChI is InChI=1S/C24H31N3O3.HI/c1-2-29-19-9-7-18(8-10-19)24(12-15-28-16-13-24)17-26-23(25)27-21-11-14-30-22-6-4-3-5-20(21)22;/h3-10,21H,2,11-17H2,1H3,(H3,25,26,27);1H. The second-order valence-corrected chi connectivity index (χ2v) is 7.92. The van der Waals surface area contributed by atoms with E-state index in [1.54, 1.807) is 0 Å². The summed E-state index contributed by atoms with van der Waals surface area (Å²) in [6.45, 7) is 5.45. The number of para-hydroxylation sites is 1. The third kappa shape index (κ3) is 5.63. The van der Waals surface area contributed by atoms with E-state index in [2.05, 4.69) is 23.5 Å². The minimum atomic E-state index is -0.0666. The third-order valence-corrected chi connectivity index (χ3v) is 6.06. The van der Waals surface area contributed by atoms with Crippen molar-refractivity contribution >= 4 is 29.9 Å². The van der Waals surface area contributed by atoms with Gasteiger partial charge in [0.05, 0.1) is 25.8 Å². The highest BCUT2D eigenvalue weighted by molar-refractivity contribution is 14.0. The van der Waals surface area contributed by atoms with E-state index in [0.29, 0.717) is 25.7 Å². The molecule has 0 saturated carbocycles. The Balaban J connectivity index is 0.00000272. The molecule has 0 spiro atoms. The Labute approximate surface area is 201 Å². The SMILES string of the molecule is CCOc1ccc(C2(CN=C(N)NC3CCOc4ccccc43)CCOCC2)cc1.I. The quantitative estimate of drug-likeness (QED) is 0.329. The summed E-state index contributed by atoms with van der Waals surface area (Å²) in [6.07, 6.45) is 2.72. The average Bonchev–Trinajstić information content (AvgIpc) is 2.79. The minimum absolute atomic E-state index is 0. The molecule has 2 aromatic rings. The Bertz CT molecular complexity index is 867. The fraction of sp³-hybridized carbons (Fsp3) is 0.458. The first-order valence-corrected chi connectivity index (χ1v) is 10.8. The first kappa shape index (κ1) is 23.7. The normalized spacial score (nSPS) is 20.0. The number of fused-ring (bicyclic) bond motifs is 1. The Morgan fingerprint density at radius 1 is 1.13 bits per heavy atom. The van der Waals surface area contributed by atoms with Crippen molar-refractivity contribution in [3.63, 3.8) is 0 Å². The maximum Gasteiger partial charge on any atom is 0.189 e. The molecule has 168 valence electrons. The molecule has 1 fully saturated rings. The van der Waals surface area contributed by atoms with Gasteiger partial charge in [-0.3, -0.25) is 4.99 Å². The number of halogens is 1. The fourth-order valence-electron chi connectivity index (χ4n) is 4.32. The molecular formula is C24H32IN3O3. The summed E-state index contributed by atoms with van der Waals surface area (Å²) in [5.41, 5.74) is 8.66. The molecule has 0 amide bonds. The fourth-order valence-corrected chi connectivity index (χ4v) is 4.32. The van der Waals surface area contributed by atoms with Crippen LogP contribution in [0.3, 0.4) is 0 Å². The van der Waals surface area contributed by atoms with Crippen LogP contribution in [0.15, 0.2) is 53.5 Å². The van der Waals surface area contributed by atoms with Crippen LogP contribution in [0.4, 0.5) is 0 Å². The molecule has 2 aromatic carbocycles. The second kappa shape index (κ2) is 11.0.